The van der Waals surface area contributed by atoms with E-state index < -0.39 is 11.6 Å². The van der Waals surface area contributed by atoms with Crippen LogP contribution in [0.2, 0.25) is 0 Å². The van der Waals surface area contributed by atoms with Gasteiger partial charge in [-0.05, 0) is 37.3 Å². The Hall–Kier alpha value is -2.61. The first kappa shape index (κ1) is 13.8. The van der Waals surface area contributed by atoms with Crippen LogP contribution in [-0.2, 0) is 0 Å². The van der Waals surface area contributed by atoms with Crippen molar-refractivity contribution in [1.82, 2.24) is 0 Å². The second kappa shape index (κ2) is 6.02. The summed E-state index contributed by atoms with van der Waals surface area (Å²) in [5, 5.41) is 11.5. The van der Waals surface area contributed by atoms with E-state index in [1.54, 1.807) is 25.1 Å². The number of hydrogen-bond donors (Lipinski definition) is 1. The van der Waals surface area contributed by atoms with Gasteiger partial charge in [0.2, 0.25) is 0 Å². The van der Waals surface area contributed by atoms with Gasteiger partial charge in [0.05, 0.1) is 12.2 Å². The smallest absolute Gasteiger partial charge is 0.167 e. The molecule has 0 fully saturated rings. The second-order valence-corrected chi connectivity index (χ2v) is 4.01. The largest absolute Gasteiger partial charge is 0.491 e. The highest BCUT2D eigenvalue weighted by molar-refractivity contribution is 5.61. The first-order chi connectivity index (χ1) is 9.63. The quantitative estimate of drug-likeness (QED) is 0.917. The van der Waals surface area contributed by atoms with Crippen molar-refractivity contribution in [3.63, 3.8) is 0 Å². The minimum Gasteiger partial charge on any atom is -0.491 e. The Kier molecular flexibility index (Phi) is 4.16. The number of halogens is 2. The van der Waals surface area contributed by atoms with E-state index in [0.717, 1.165) is 0 Å². The summed E-state index contributed by atoms with van der Waals surface area (Å²) in [4.78, 5) is 0. The predicted octanol–water partition coefficient (Wildman–Crippen LogP) is 3.98. The van der Waals surface area contributed by atoms with Crippen molar-refractivity contribution in [2.24, 2.45) is 0 Å². The number of nitrogens with one attached hydrogen (secondary N) is 1. The molecule has 0 bridgehead atoms. The van der Waals surface area contributed by atoms with E-state index >= 15 is 0 Å². The van der Waals surface area contributed by atoms with Gasteiger partial charge < -0.3 is 10.1 Å². The lowest BCUT2D eigenvalue weighted by Crippen LogP contribution is -1.97. The number of hydrogen-bond acceptors (Lipinski definition) is 3. The minimum atomic E-state index is -0.621. The molecule has 3 nitrogen and oxygen atoms in total. The van der Waals surface area contributed by atoms with Crippen molar-refractivity contribution in [3.05, 3.63) is 53.6 Å². The lowest BCUT2D eigenvalue weighted by Gasteiger charge is -2.09. The van der Waals surface area contributed by atoms with Crippen LogP contribution in [0.1, 0.15) is 12.5 Å². The van der Waals surface area contributed by atoms with Crippen molar-refractivity contribution < 1.29 is 13.5 Å². The highest BCUT2D eigenvalue weighted by atomic mass is 19.1. The molecule has 0 spiro atoms. The lowest BCUT2D eigenvalue weighted by atomic mass is 10.2. The molecule has 0 unspecified atom stereocenters. The van der Waals surface area contributed by atoms with Crippen LogP contribution < -0.4 is 10.1 Å². The summed E-state index contributed by atoms with van der Waals surface area (Å²) in [6, 6.07) is 10.2. The van der Waals surface area contributed by atoms with E-state index in [9.17, 15) is 8.78 Å². The zero-order valence-corrected chi connectivity index (χ0v) is 10.8. The van der Waals surface area contributed by atoms with Crippen LogP contribution in [0.15, 0.2) is 36.4 Å². The Balaban J connectivity index is 2.20. The van der Waals surface area contributed by atoms with Crippen LogP contribution >= 0.6 is 0 Å². The number of anilines is 2. The molecule has 0 saturated heterocycles. The SMILES string of the molecule is CCOc1ccc(Nc2ccc(C#N)c(F)c2)cc1F. The van der Waals surface area contributed by atoms with Gasteiger partial charge in [-0.2, -0.15) is 5.26 Å². The average molecular weight is 274 g/mol. The molecule has 0 saturated carbocycles. The molecular weight excluding hydrogens is 262 g/mol. The van der Waals surface area contributed by atoms with Crippen LogP contribution in [0.5, 0.6) is 5.75 Å². The molecule has 2 rings (SSSR count). The highest BCUT2D eigenvalue weighted by Crippen LogP contribution is 2.24. The molecule has 1 N–H and O–H groups in total. The number of nitrogens with zero attached hydrogens (tertiary/aromatic N) is 1. The molecule has 20 heavy (non-hydrogen) atoms. The molecule has 2 aromatic rings. The summed E-state index contributed by atoms with van der Waals surface area (Å²) < 4.78 is 32.2. The van der Waals surface area contributed by atoms with Gasteiger partial charge >= 0.3 is 0 Å². The average Bonchev–Trinajstić information content (AvgIpc) is 2.42. The summed E-state index contributed by atoms with van der Waals surface area (Å²) >= 11 is 0. The molecule has 0 aliphatic carbocycles. The maximum absolute atomic E-state index is 13.7. The molecule has 0 aliphatic rings. The Morgan fingerprint density at radius 3 is 2.30 bits per heavy atom. The van der Waals surface area contributed by atoms with Gasteiger partial charge in [-0.3, -0.25) is 0 Å². The van der Waals surface area contributed by atoms with Crippen molar-refractivity contribution in [2.45, 2.75) is 6.92 Å². The molecule has 0 amide bonds. The van der Waals surface area contributed by atoms with Crippen LogP contribution in [-0.4, -0.2) is 6.61 Å². The Morgan fingerprint density at radius 2 is 1.75 bits per heavy atom. The topological polar surface area (TPSA) is 45.0 Å². The van der Waals surface area contributed by atoms with E-state index in [1.807, 2.05) is 0 Å². The van der Waals surface area contributed by atoms with Gasteiger partial charge in [-0.25, -0.2) is 8.78 Å². The first-order valence-electron chi connectivity index (χ1n) is 6.03. The van der Waals surface area contributed by atoms with Crippen molar-refractivity contribution in [1.29, 1.82) is 5.26 Å². The summed E-state index contributed by atoms with van der Waals surface area (Å²) in [6.07, 6.45) is 0. The predicted molar refractivity (Wildman–Crippen MR) is 72.0 cm³/mol. The first-order valence-corrected chi connectivity index (χ1v) is 6.03. The van der Waals surface area contributed by atoms with E-state index in [4.69, 9.17) is 10.00 Å². The highest BCUT2D eigenvalue weighted by Gasteiger charge is 2.06. The molecular formula is C15H12F2N2O. The molecule has 0 atom stereocenters. The van der Waals surface area contributed by atoms with Crippen molar-refractivity contribution in [2.75, 3.05) is 11.9 Å². The zero-order valence-electron chi connectivity index (χ0n) is 10.8. The maximum Gasteiger partial charge on any atom is 0.167 e. The van der Waals surface area contributed by atoms with Crippen LogP contribution in [0, 0.1) is 23.0 Å². The van der Waals surface area contributed by atoms with Gasteiger partial charge in [0.25, 0.3) is 0 Å². The molecule has 0 aliphatic heterocycles. The Labute approximate surface area is 115 Å². The Bertz CT molecular complexity index is 665. The van der Waals surface area contributed by atoms with Crippen LogP contribution in [0.3, 0.4) is 0 Å². The third-order valence-electron chi connectivity index (χ3n) is 2.61. The summed E-state index contributed by atoms with van der Waals surface area (Å²) in [6.45, 7) is 2.15. The molecule has 0 radical (unpaired) electrons. The molecule has 0 heterocycles. The lowest BCUT2D eigenvalue weighted by molar-refractivity contribution is 0.321. The summed E-state index contributed by atoms with van der Waals surface area (Å²) in [5.41, 5.74) is 0.869. The zero-order chi connectivity index (χ0) is 14.5. The normalized spacial score (nSPS) is 9.90. The molecule has 2 aromatic carbocycles. The molecule has 102 valence electrons. The van der Waals surface area contributed by atoms with Gasteiger partial charge in [0, 0.05) is 17.4 Å². The van der Waals surface area contributed by atoms with Gasteiger partial charge in [-0.15, -0.1) is 0 Å². The number of ether oxygens (including phenoxy) is 1. The van der Waals surface area contributed by atoms with E-state index in [0.29, 0.717) is 18.0 Å². The van der Waals surface area contributed by atoms with Gasteiger partial charge in [0.1, 0.15) is 11.9 Å². The number of benzene rings is 2. The van der Waals surface area contributed by atoms with Crippen LogP contribution in [0.25, 0.3) is 0 Å². The fourth-order valence-electron chi connectivity index (χ4n) is 1.70. The van der Waals surface area contributed by atoms with Crippen molar-refractivity contribution in [3.8, 4) is 11.8 Å². The van der Waals surface area contributed by atoms with Crippen molar-refractivity contribution >= 4 is 11.4 Å². The fraction of sp³-hybridized carbons (Fsp3) is 0.133. The summed E-state index contributed by atoms with van der Waals surface area (Å²) in [5.74, 6) is -0.945. The third kappa shape index (κ3) is 3.04. The number of rotatable bonds is 4. The molecule has 5 heteroatoms. The monoisotopic (exact) mass is 274 g/mol. The minimum absolute atomic E-state index is 0.0339. The number of nitriles is 1. The summed E-state index contributed by atoms with van der Waals surface area (Å²) in [7, 11) is 0. The third-order valence-corrected chi connectivity index (χ3v) is 2.61. The second-order valence-electron chi connectivity index (χ2n) is 4.01. The standard InChI is InChI=1S/C15H12F2N2O/c1-2-20-15-6-5-12(8-14(15)17)19-11-4-3-10(9-18)13(16)7-11/h3-8,19H,2H2,1H3. The van der Waals surface area contributed by atoms with E-state index in [2.05, 4.69) is 5.32 Å². The van der Waals surface area contributed by atoms with E-state index in [1.165, 1.54) is 24.3 Å². The van der Waals surface area contributed by atoms with Crippen LogP contribution in [0.4, 0.5) is 20.2 Å². The Morgan fingerprint density at radius 1 is 1.10 bits per heavy atom. The van der Waals surface area contributed by atoms with E-state index in [-0.39, 0.29) is 11.3 Å². The van der Waals surface area contributed by atoms with Gasteiger partial charge in [-0.1, -0.05) is 0 Å². The molecule has 0 aromatic heterocycles. The fourth-order valence-corrected chi connectivity index (χ4v) is 1.70. The maximum atomic E-state index is 13.7. The van der Waals surface area contributed by atoms with Gasteiger partial charge in [0.15, 0.2) is 11.6 Å².